The maximum absolute atomic E-state index is 7.36. The van der Waals surface area contributed by atoms with E-state index in [0.29, 0.717) is 0 Å². The van der Waals surface area contributed by atoms with Crippen LogP contribution in [0.1, 0.15) is 11.1 Å². The van der Waals surface area contributed by atoms with Crippen LogP contribution in [0.4, 0.5) is 0 Å². The number of nitrogens with one attached hydrogen (secondary N) is 1. The number of amidine groups is 1. The third-order valence-corrected chi connectivity index (χ3v) is 4.15. The Morgan fingerprint density at radius 1 is 1.50 bits per heavy atom. The van der Waals surface area contributed by atoms with Gasteiger partial charge in [-0.25, -0.2) is 4.98 Å². The molecule has 0 atom stereocenters. The van der Waals surface area contributed by atoms with Crippen LogP contribution in [0.3, 0.4) is 0 Å². The number of nitrogen functional groups attached to an aromatic ring is 1. The van der Waals surface area contributed by atoms with E-state index in [0.717, 1.165) is 20.4 Å². The monoisotopic (exact) mass is 249 g/mol. The second-order valence-corrected chi connectivity index (χ2v) is 5.48. The van der Waals surface area contributed by atoms with Crippen molar-refractivity contribution in [1.82, 2.24) is 4.98 Å². The number of hydrogen-bond acceptors (Lipinski definition) is 4. The van der Waals surface area contributed by atoms with E-state index in [2.05, 4.69) is 4.98 Å². The van der Waals surface area contributed by atoms with Gasteiger partial charge in [-0.15, -0.1) is 11.3 Å². The molecular weight excluding hydrogens is 238 g/mol. The Bertz CT molecular complexity index is 506. The zero-order valence-electron chi connectivity index (χ0n) is 8.73. The van der Waals surface area contributed by atoms with Crippen molar-refractivity contribution in [2.45, 2.75) is 16.2 Å². The molecule has 0 bridgehead atoms. The van der Waals surface area contributed by atoms with E-state index in [9.17, 15) is 0 Å². The van der Waals surface area contributed by atoms with Crippen molar-refractivity contribution in [3.8, 4) is 0 Å². The smallest absolute Gasteiger partial charge is 0.154 e. The number of thiazole rings is 1. The summed E-state index contributed by atoms with van der Waals surface area (Å²) in [4.78, 5) is 5.38. The Hall–Kier alpha value is -1.33. The van der Waals surface area contributed by atoms with Gasteiger partial charge in [0.15, 0.2) is 4.34 Å². The fourth-order valence-electron chi connectivity index (χ4n) is 1.29. The number of aromatic nitrogens is 1. The lowest BCUT2D eigenvalue weighted by molar-refractivity contribution is 1.23. The average molecular weight is 249 g/mol. The van der Waals surface area contributed by atoms with Crippen LogP contribution < -0.4 is 5.73 Å². The van der Waals surface area contributed by atoms with Crippen LogP contribution in [0.5, 0.6) is 0 Å². The first-order valence-corrected chi connectivity index (χ1v) is 6.39. The maximum atomic E-state index is 7.36. The van der Waals surface area contributed by atoms with Crippen molar-refractivity contribution >= 4 is 28.9 Å². The SMILES string of the molecule is Cc1cc(C(=N)N)ccc1Sc1nccs1. The molecule has 2 rings (SSSR count). The summed E-state index contributed by atoms with van der Waals surface area (Å²) in [5, 5.41) is 9.32. The quantitative estimate of drug-likeness (QED) is 0.649. The molecule has 0 radical (unpaired) electrons. The highest BCUT2D eigenvalue weighted by molar-refractivity contribution is 8.01. The third kappa shape index (κ3) is 2.43. The molecule has 1 aromatic heterocycles. The van der Waals surface area contributed by atoms with Crippen molar-refractivity contribution in [2.75, 3.05) is 0 Å². The molecule has 2 aromatic rings. The van der Waals surface area contributed by atoms with Crippen molar-refractivity contribution < 1.29 is 0 Å². The lowest BCUT2D eigenvalue weighted by Gasteiger charge is -2.05. The van der Waals surface area contributed by atoms with Gasteiger partial charge in [0.25, 0.3) is 0 Å². The predicted molar refractivity (Wildman–Crippen MR) is 68.4 cm³/mol. The second kappa shape index (κ2) is 4.67. The number of benzene rings is 1. The first kappa shape index (κ1) is 11.2. The van der Waals surface area contributed by atoms with Crippen LogP contribution in [0.2, 0.25) is 0 Å². The highest BCUT2D eigenvalue weighted by Crippen LogP contribution is 2.31. The summed E-state index contributed by atoms with van der Waals surface area (Å²) in [6, 6.07) is 5.78. The molecule has 3 N–H and O–H groups in total. The van der Waals surface area contributed by atoms with Crippen LogP contribution in [0, 0.1) is 12.3 Å². The van der Waals surface area contributed by atoms with Gasteiger partial charge in [-0.05, 0) is 24.6 Å². The Balaban J connectivity index is 2.26. The van der Waals surface area contributed by atoms with Crippen molar-refractivity contribution in [1.29, 1.82) is 5.41 Å². The summed E-state index contributed by atoms with van der Waals surface area (Å²) in [5.74, 6) is 0.105. The lowest BCUT2D eigenvalue weighted by atomic mass is 10.1. The molecule has 0 spiro atoms. The summed E-state index contributed by atoms with van der Waals surface area (Å²) in [7, 11) is 0. The van der Waals surface area contributed by atoms with Gasteiger partial charge >= 0.3 is 0 Å². The van der Waals surface area contributed by atoms with Crippen LogP contribution in [-0.2, 0) is 0 Å². The molecule has 0 fully saturated rings. The molecule has 0 unspecified atom stereocenters. The fraction of sp³-hybridized carbons (Fsp3) is 0.0909. The number of aryl methyl sites for hydroxylation is 1. The average Bonchev–Trinajstić information content (AvgIpc) is 2.73. The summed E-state index contributed by atoms with van der Waals surface area (Å²) < 4.78 is 1.03. The Morgan fingerprint density at radius 3 is 2.88 bits per heavy atom. The zero-order chi connectivity index (χ0) is 11.5. The van der Waals surface area contributed by atoms with Gasteiger partial charge in [-0.3, -0.25) is 5.41 Å². The number of nitrogens with zero attached hydrogens (tertiary/aromatic N) is 1. The normalized spacial score (nSPS) is 10.3. The molecule has 1 heterocycles. The Kier molecular flexibility index (Phi) is 3.26. The van der Waals surface area contributed by atoms with Gasteiger partial charge in [-0.2, -0.15) is 0 Å². The summed E-state index contributed by atoms with van der Waals surface area (Å²) in [6.07, 6.45) is 1.80. The molecule has 0 aliphatic carbocycles. The number of hydrogen-bond donors (Lipinski definition) is 2. The van der Waals surface area contributed by atoms with Crippen LogP contribution in [0.15, 0.2) is 39.0 Å². The molecule has 16 heavy (non-hydrogen) atoms. The van der Waals surface area contributed by atoms with Crippen molar-refractivity contribution in [3.05, 3.63) is 40.9 Å². The molecule has 0 saturated carbocycles. The molecule has 82 valence electrons. The van der Waals surface area contributed by atoms with Crippen molar-refractivity contribution in [3.63, 3.8) is 0 Å². The van der Waals surface area contributed by atoms with Gasteiger partial charge in [0.2, 0.25) is 0 Å². The van der Waals surface area contributed by atoms with E-state index < -0.39 is 0 Å². The van der Waals surface area contributed by atoms with Crippen LogP contribution in [-0.4, -0.2) is 10.8 Å². The van der Waals surface area contributed by atoms with E-state index in [1.54, 1.807) is 29.3 Å². The minimum absolute atomic E-state index is 0.105. The highest BCUT2D eigenvalue weighted by atomic mass is 32.2. The molecule has 0 aliphatic heterocycles. The van der Waals surface area contributed by atoms with Crippen molar-refractivity contribution in [2.24, 2.45) is 5.73 Å². The third-order valence-electron chi connectivity index (χ3n) is 2.09. The molecule has 0 aliphatic rings. The number of nitrogens with two attached hydrogens (primary N) is 1. The van der Waals surface area contributed by atoms with Crippen LogP contribution in [0.25, 0.3) is 0 Å². The van der Waals surface area contributed by atoms with Gasteiger partial charge < -0.3 is 5.73 Å². The van der Waals surface area contributed by atoms with E-state index in [1.165, 1.54) is 0 Å². The van der Waals surface area contributed by atoms with E-state index in [-0.39, 0.29) is 5.84 Å². The predicted octanol–water partition coefficient (Wildman–Crippen LogP) is 2.89. The highest BCUT2D eigenvalue weighted by Gasteiger charge is 2.05. The minimum atomic E-state index is 0.105. The van der Waals surface area contributed by atoms with E-state index >= 15 is 0 Å². The fourth-order valence-corrected chi connectivity index (χ4v) is 2.93. The Labute approximate surface area is 102 Å². The standard InChI is InChI=1S/C11H11N3S2/c1-7-6-8(10(12)13)2-3-9(7)16-11-14-4-5-15-11/h2-6H,1H3,(H3,12,13). The summed E-state index contributed by atoms with van der Waals surface area (Å²) >= 11 is 3.26. The first-order chi connectivity index (χ1) is 7.66. The summed E-state index contributed by atoms with van der Waals surface area (Å²) in [5.41, 5.74) is 7.32. The molecular formula is C11H11N3S2. The molecule has 0 saturated heterocycles. The van der Waals surface area contributed by atoms with E-state index in [1.807, 2.05) is 30.5 Å². The van der Waals surface area contributed by atoms with Gasteiger partial charge in [0.1, 0.15) is 5.84 Å². The number of rotatable bonds is 3. The zero-order valence-corrected chi connectivity index (χ0v) is 10.4. The van der Waals surface area contributed by atoms with Gasteiger partial charge in [0.05, 0.1) is 0 Å². The lowest BCUT2D eigenvalue weighted by Crippen LogP contribution is -2.10. The van der Waals surface area contributed by atoms with Gasteiger partial charge in [-0.1, -0.05) is 17.8 Å². The second-order valence-electron chi connectivity index (χ2n) is 3.29. The topological polar surface area (TPSA) is 62.8 Å². The molecule has 5 heteroatoms. The van der Waals surface area contributed by atoms with E-state index in [4.69, 9.17) is 11.1 Å². The molecule has 1 aromatic carbocycles. The first-order valence-electron chi connectivity index (χ1n) is 4.69. The molecule has 3 nitrogen and oxygen atoms in total. The summed E-state index contributed by atoms with van der Waals surface area (Å²) in [6.45, 7) is 2.02. The Morgan fingerprint density at radius 2 is 2.31 bits per heavy atom. The maximum Gasteiger partial charge on any atom is 0.154 e. The largest absolute Gasteiger partial charge is 0.384 e. The minimum Gasteiger partial charge on any atom is -0.384 e. The molecule has 0 amide bonds. The van der Waals surface area contributed by atoms with Crippen LogP contribution >= 0.6 is 23.1 Å². The van der Waals surface area contributed by atoms with Gasteiger partial charge in [0, 0.05) is 22.0 Å².